The second-order valence-electron chi connectivity index (χ2n) is 8.27. The second kappa shape index (κ2) is 8.34. The van der Waals surface area contributed by atoms with Gasteiger partial charge in [0, 0.05) is 37.6 Å². The third kappa shape index (κ3) is 4.21. The van der Waals surface area contributed by atoms with Crippen molar-refractivity contribution in [3.8, 4) is 22.8 Å². The van der Waals surface area contributed by atoms with E-state index in [9.17, 15) is 4.79 Å². The van der Waals surface area contributed by atoms with E-state index in [0.29, 0.717) is 28.3 Å². The summed E-state index contributed by atoms with van der Waals surface area (Å²) in [5.41, 5.74) is 2.37. The summed E-state index contributed by atoms with van der Waals surface area (Å²) in [4.78, 5) is 22.0. The van der Waals surface area contributed by atoms with Gasteiger partial charge in [-0.05, 0) is 43.0 Å². The summed E-state index contributed by atoms with van der Waals surface area (Å²) in [7, 11) is 1.87. The summed E-state index contributed by atoms with van der Waals surface area (Å²) in [6.45, 7) is 0.742. The molecular weight excluding hydrogens is 390 g/mol. The van der Waals surface area contributed by atoms with Gasteiger partial charge in [-0.25, -0.2) is 4.98 Å². The Morgan fingerprint density at radius 1 is 1.06 bits per heavy atom. The summed E-state index contributed by atoms with van der Waals surface area (Å²) >= 11 is 0. The second-order valence-corrected chi connectivity index (χ2v) is 8.27. The Labute approximate surface area is 180 Å². The van der Waals surface area contributed by atoms with Crippen molar-refractivity contribution in [3.63, 3.8) is 0 Å². The molecule has 0 N–H and O–H groups in total. The maximum Gasteiger partial charge on any atom is 0.261 e. The molecule has 0 saturated heterocycles. The van der Waals surface area contributed by atoms with Crippen molar-refractivity contribution < 1.29 is 4.74 Å². The van der Waals surface area contributed by atoms with Gasteiger partial charge < -0.3 is 4.74 Å². The van der Waals surface area contributed by atoms with Gasteiger partial charge in [-0.1, -0.05) is 19.3 Å². The molecule has 31 heavy (non-hydrogen) atoms. The standard InChI is InChI=1S/C24H25N5O2/c1-28-15-18(13-27-28)23-12-20(9-10-25-23)31-19-7-8-22-21(11-19)24(30)29(16-26-22)14-17-5-3-2-4-6-17/h7-13,15-17H,2-6,14H2,1H3. The van der Waals surface area contributed by atoms with Crippen LogP contribution in [0.15, 0.2) is 60.0 Å². The molecule has 0 radical (unpaired) electrons. The quantitative estimate of drug-likeness (QED) is 0.477. The number of ether oxygens (including phenoxy) is 1. The largest absolute Gasteiger partial charge is 0.457 e. The Morgan fingerprint density at radius 2 is 1.90 bits per heavy atom. The molecule has 3 aromatic heterocycles. The van der Waals surface area contributed by atoms with E-state index in [4.69, 9.17) is 4.74 Å². The predicted molar refractivity (Wildman–Crippen MR) is 119 cm³/mol. The van der Waals surface area contributed by atoms with Crippen LogP contribution >= 0.6 is 0 Å². The van der Waals surface area contributed by atoms with Crippen LogP contribution in [0.3, 0.4) is 0 Å². The smallest absolute Gasteiger partial charge is 0.261 e. The third-order valence-corrected chi connectivity index (χ3v) is 5.94. The van der Waals surface area contributed by atoms with Crippen LogP contribution in [0.5, 0.6) is 11.5 Å². The van der Waals surface area contributed by atoms with E-state index < -0.39 is 0 Å². The fourth-order valence-electron chi connectivity index (χ4n) is 4.30. The van der Waals surface area contributed by atoms with Crippen LogP contribution in [0.25, 0.3) is 22.2 Å². The Hall–Kier alpha value is -3.48. The van der Waals surface area contributed by atoms with Gasteiger partial charge in [-0.2, -0.15) is 5.10 Å². The molecule has 1 aromatic carbocycles. The van der Waals surface area contributed by atoms with Crippen molar-refractivity contribution in [1.29, 1.82) is 0 Å². The van der Waals surface area contributed by atoms with Crippen LogP contribution in [0.2, 0.25) is 0 Å². The lowest BCUT2D eigenvalue weighted by molar-refractivity contribution is 0.315. The predicted octanol–water partition coefficient (Wildman–Crippen LogP) is 4.56. The first kappa shape index (κ1) is 19.5. The van der Waals surface area contributed by atoms with E-state index in [2.05, 4.69) is 15.1 Å². The van der Waals surface area contributed by atoms with Gasteiger partial charge in [0.1, 0.15) is 11.5 Å². The van der Waals surface area contributed by atoms with E-state index in [0.717, 1.165) is 17.8 Å². The van der Waals surface area contributed by atoms with E-state index in [1.165, 1.54) is 32.1 Å². The van der Waals surface area contributed by atoms with Gasteiger partial charge in [0.2, 0.25) is 0 Å². The van der Waals surface area contributed by atoms with Gasteiger partial charge in [0.15, 0.2) is 0 Å². The zero-order chi connectivity index (χ0) is 21.2. The minimum absolute atomic E-state index is 0.00759. The molecular formula is C24H25N5O2. The van der Waals surface area contributed by atoms with Crippen molar-refractivity contribution in [1.82, 2.24) is 24.3 Å². The molecule has 1 aliphatic carbocycles. The van der Waals surface area contributed by atoms with Crippen LogP contribution in [-0.4, -0.2) is 24.3 Å². The van der Waals surface area contributed by atoms with E-state index >= 15 is 0 Å². The highest BCUT2D eigenvalue weighted by atomic mass is 16.5. The summed E-state index contributed by atoms with van der Waals surface area (Å²) in [5.74, 6) is 1.82. The van der Waals surface area contributed by atoms with Gasteiger partial charge in [-0.3, -0.25) is 19.0 Å². The summed E-state index contributed by atoms with van der Waals surface area (Å²) in [6.07, 6.45) is 13.3. The first-order valence-electron chi connectivity index (χ1n) is 10.8. The normalized spacial score (nSPS) is 14.7. The average Bonchev–Trinajstić information content (AvgIpc) is 3.23. The van der Waals surface area contributed by atoms with Gasteiger partial charge in [0.25, 0.3) is 5.56 Å². The monoisotopic (exact) mass is 415 g/mol. The Balaban J connectivity index is 1.41. The first-order chi connectivity index (χ1) is 15.2. The fourth-order valence-corrected chi connectivity index (χ4v) is 4.30. The van der Waals surface area contributed by atoms with Crippen LogP contribution in [0.1, 0.15) is 32.1 Å². The molecule has 0 unspecified atom stereocenters. The summed E-state index contributed by atoms with van der Waals surface area (Å²) in [5, 5.41) is 4.77. The van der Waals surface area contributed by atoms with Gasteiger partial charge in [0.05, 0.1) is 29.1 Å². The van der Waals surface area contributed by atoms with Crippen molar-refractivity contribution in [3.05, 3.63) is 65.6 Å². The lowest BCUT2D eigenvalue weighted by atomic mass is 9.89. The Kier molecular flexibility index (Phi) is 5.24. The number of fused-ring (bicyclic) bond motifs is 1. The van der Waals surface area contributed by atoms with Gasteiger partial charge in [-0.15, -0.1) is 0 Å². The number of hydrogen-bond acceptors (Lipinski definition) is 5. The molecule has 3 heterocycles. The molecule has 7 nitrogen and oxygen atoms in total. The average molecular weight is 415 g/mol. The highest BCUT2D eigenvalue weighted by Crippen LogP contribution is 2.27. The van der Waals surface area contributed by atoms with Crippen LogP contribution in [-0.2, 0) is 13.6 Å². The molecule has 0 amide bonds. The van der Waals surface area contributed by atoms with Crippen molar-refractivity contribution in [2.45, 2.75) is 38.6 Å². The number of benzene rings is 1. The maximum absolute atomic E-state index is 13.1. The van der Waals surface area contributed by atoms with E-state index in [-0.39, 0.29) is 5.56 Å². The number of nitrogens with zero attached hydrogens (tertiary/aromatic N) is 5. The number of pyridine rings is 1. The van der Waals surface area contributed by atoms with Crippen LogP contribution in [0.4, 0.5) is 0 Å². The Morgan fingerprint density at radius 3 is 2.71 bits per heavy atom. The zero-order valence-corrected chi connectivity index (χ0v) is 17.6. The summed E-state index contributed by atoms with van der Waals surface area (Å²) in [6, 6.07) is 9.12. The molecule has 7 heteroatoms. The molecule has 158 valence electrons. The first-order valence-corrected chi connectivity index (χ1v) is 10.8. The number of hydrogen-bond donors (Lipinski definition) is 0. The SMILES string of the molecule is Cn1cc(-c2cc(Oc3ccc4ncn(CC5CCCCC5)c(=O)c4c3)ccn2)cn1. The molecule has 1 saturated carbocycles. The number of aromatic nitrogens is 5. The molecule has 0 atom stereocenters. The third-order valence-electron chi connectivity index (χ3n) is 5.94. The van der Waals surface area contributed by atoms with E-state index in [1.807, 2.05) is 31.4 Å². The lowest BCUT2D eigenvalue weighted by Gasteiger charge is -2.22. The molecule has 0 spiro atoms. The molecule has 0 bridgehead atoms. The highest BCUT2D eigenvalue weighted by molar-refractivity contribution is 5.79. The molecule has 4 aromatic rings. The van der Waals surface area contributed by atoms with E-state index in [1.54, 1.807) is 40.1 Å². The van der Waals surface area contributed by atoms with Crippen molar-refractivity contribution >= 4 is 10.9 Å². The number of rotatable bonds is 5. The minimum Gasteiger partial charge on any atom is -0.457 e. The zero-order valence-electron chi connectivity index (χ0n) is 17.6. The number of aryl methyl sites for hydroxylation is 1. The lowest BCUT2D eigenvalue weighted by Crippen LogP contribution is -2.25. The molecule has 1 aliphatic rings. The van der Waals surface area contributed by atoms with Crippen molar-refractivity contribution in [2.75, 3.05) is 0 Å². The molecule has 5 rings (SSSR count). The topological polar surface area (TPSA) is 74.8 Å². The Bertz CT molecular complexity index is 1270. The van der Waals surface area contributed by atoms with Crippen LogP contribution < -0.4 is 10.3 Å². The fraction of sp³-hybridized carbons (Fsp3) is 0.333. The van der Waals surface area contributed by atoms with Gasteiger partial charge >= 0.3 is 0 Å². The minimum atomic E-state index is -0.00759. The summed E-state index contributed by atoms with van der Waals surface area (Å²) < 4.78 is 9.55. The van der Waals surface area contributed by atoms with Crippen LogP contribution in [0, 0.1) is 5.92 Å². The maximum atomic E-state index is 13.1. The highest BCUT2D eigenvalue weighted by Gasteiger charge is 2.16. The van der Waals surface area contributed by atoms with Crippen molar-refractivity contribution in [2.24, 2.45) is 13.0 Å². The molecule has 0 aliphatic heterocycles. The molecule has 1 fully saturated rings.